The van der Waals surface area contributed by atoms with Crippen LogP contribution in [0.15, 0.2) is 17.9 Å². The first kappa shape index (κ1) is 16.1. The Morgan fingerprint density at radius 3 is 1.60 bits per heavy atom. The van der Waals surface area contributed by atoms with Crippen LogP contribution < -0.4 is 0 Å². The summed E-state index contributed by atoms with van der Waals surface area (Å²) in [6.07, 6.45) is 0. The van der Waals surface area contributed by atoms with Gasteiger partial charge in [-0.3, -0.25) is 14.5 Å². The average Bonchev–Trinajstić information content (AvgIpc) is 2.64. The molecule has 1 aliphatic heterocycles. The highest BCUT2D eigenvalue weighted by molar-refractivity contribution is 9.15. The number of fused-ring (bicyclic) bond motifs is 1. The number of aliphatic carboxylic acids is 1. The van der Waals surface area contributed by atoms with E-state index >= 15 is 0 Å². The second-order valence-corrected chi connectivity index (χ2v) is 7.17. The van der Waals surface area contributed by atoms with Gasteiger partial charge in [0.15, 0.2) is 0 Å². The molecule has 0 saturated heterocycles. The normalized spacial score (nSPS) is 15.6. The number of carbonyl (C=O) groups excluding carboxylic acids is 2. The maximum absolute atomic E-state index is 12.3. The van der Waals surface area contributed by atoms with Crippen molar-refractivity contribution in [2.24, 2.45) is 0 Å². The molecule has 0 aromatic heterocycles. The minimum absolute atomic E-state index is 0.144. The lowest BCUT2D eigenvalue weighted by atomic mass is 10.1. The van der Waals surface area contributed by atoms with Gasteiger partial charge in [-0.2, -0.15) is 0 Å². The molecule has 20 heavy (non-hydrogen) atoms. The summed E-state index contributed by atoms with van der Waals surface area (Å²) in [4.78, 5) is 36.5. The van der Waals surface area contributed by atoms with Crippen molar-refractivity contribution in [3.63, 3.8) is 0 Å². The van der Waals surface area contributed by atoms with Gasteiger partial charge in [-0.1, -0.05) is 0 Å². The predicted molar refractivity (Wildman–Crippen MR) is 84.8 cm³/mol. The van der Waals surface area contributed by atoms with E-state index in [4.69, 9.17) is 5.11 Å². The SMILES string of the molecule is C[C@@H](C(=O)O)N1C(=O)c2c(Br)c(Br)c(Br)c(Br)c2C1=O. The molecule has 0 saturated carbocycles. The summed E-state index contributed by atoms with van der Waals surface area (Å²) in [6.45, 7) is 1.29. The maximum atomic E-state index is 12.3. The van der Waals surface area contributed by atoms with Gasteiger partial charge in [-0.05, 0) is 70.6 Å². The van der Waals surface area contributed by atoms with Gasteiger partial charge < -0.3 is 5.11 Å². The third kappa shape index (κ3) is 2.18. The van der Waals surface area contributed by atoms with Crippen molar-refractivity contribution in [3.05, 3.63) is 29.0 Å². The average molecular weight is 535 g/mol. The lowest BCUT2D eigenvalue weighted by Gasteiger charge is -2.18. The van der Waals surface area contributed by atoms with E-state index in [1.165, 1.54) is 6.92 Å². The highest BCUT2D eigenvalue weighted by Gasteiger charge is 2.44. The third-order valence-electron chi connectivity index (χ3n) is 2.88. The van der Waals surface area contributed by atoms with Crippen molar-refractivity contribution in [2.45, 2.75) is 13.0 Å². The van der Waals surface area contributed by atoms with Gasteiger partial charge in [-0.25, -0.2) is 4.79 Å². The summed E-state index contributed by atoms with van der Waals surface area (Å²) in [5.74, 6) is -2.52. The second kappa shape index (κ2) is 5.51. The fourth-order valence-electron chi connectivity index (χ4n) is 1.83. The molecule has 1 N–H and O–H groups in total. The Kier molecular flexibility index (Phi) is 4.44. The van der Waals surface area contributed by atoms with Gasteiger partial charge in [0.05, 0.1) is 11.1 Å². The van der Waals surface area contributed by atoms with E-state index in [2.05, 4.69) is 63.7 Å². The van der Waals surface area contributed by atoms with Crippen LogP contribution in [0.3, 0.4) is 0 Å². The van der Waals surface area contributed by atoms with Crippen LogP contribution in [-0.4, -0.2) is 33.8 Å². The Balaban J connectivity index is 2.73. The second-order valence-electron chi connectivity index (χ2n) is 4.00. The highest BCUT2D eigenvalue weighted by atomic mass is 79.9. The first-order valence-corrected chi connectivity index (χ1v) is 8.34. The Hall–Kier alpha value is -0.250. The molecular weight excluding hydrogens is 530 g/mol. The van der Waals surface area contributed by atoms with Gasteiger partial charge in [0, 0.05) is 17.9 Å². The fourth-order valence-corrected chi connectivity index (χ4v) is 4.29. The molecule has 1 heterocycles. The van der Waals surface area contributed by atoms with Crippen molar-refractivity contribution in [1.29, 1.82) is 0 Å². The Labute approximate surface area is 147 Å². The molecule has 0 bridgehead atoms. The third-order valence-corrected chi connectivity index (χ3v) is 7.65. The number of benzene rings is 1. The van der Waals surface area contributed by atoms with E-state index in [-0.39, 0.29) is 11.1 Å². The number of hydrogen-bond acceptors (Lipinski definition) is 3. The molecule has 5 nitrogen and oxygen atoms in total. The molecule has 1 aromatic rings. The van der Waals surface area contributed by atoms with Crippen LogP contribution >= 0.6 is 63.7 Å². The number of amides is 2. The summed E-state index contributed by atoms with van der Waals surface area (Å²) < 4.78 is 1.94. The first-order valence-electron chi connectivity index (χ1n) is 5.16. The molecule has 0 aliphatic carbocycles. The first-order chi connectivity index (χ1) is 9.20. The maximum Gasteiger partial charge on any atom is 0.326 e. The molecule has 0 spiro atoms. The van der Waals surface area contributed by atoms with Crippen molar-refractivity contribution in [1.82, 2.24) is 4.90 Å². The molecule has 2 amide bonds. The van der Waals surface area contributed by atoms with Crippen molar-refractivity contribution < 1.29 is 19.5 Å². The van der Waals surface area contributed by atoms with E-state index in [0.29, 0.717) is 17.9 Å². The lowest BCUT2D eigenvalue weighted by Crippen LogP contribution is -2.42. The quantitative estimate of drug-likeness (QED) is 0.356. The minimum Gasteiger partial charge on any atom is -0.480 e. The summed E-state index contributed by atoms with van der Waals surface area (Å²) >= 11 is 13.1. The summed E-state index contributed by atoms with van der Waals surface area (Å²) in [7, 11) is 0. The van der Waals surface area contributed by atoms with E-state index < -0.39 is 23.8 Å². The zero-order chi connectivity index (χ0) is 15.4. The number of imide groups is 1. The van der Waals surface area contributed by atoms with Crippen LogP contribution in [0.25, 0.3) is 0 Å². The van der Waals surface area contributed by atoms with Crippen LogP contribution in [0.2, 0.25) is 0 Å². The summed E-state index contributed by atoms with van der Waals surface area (Å²) in [5, 5.41) is 9.02. The number of hydrogen-bond donors (Lipinski definition) is 1. The number of carboxylic acids is 1. The number of carboxylic acid groups (broad SMARTS) is 1. The van der Waals surface area contributed by atoms with Gasteiger partial charge in [0.1, 0.15) is 6.04 Å². The van der Waals surface area contributed by atoms with Crippen molar-refractivity contribution >= 4 is 81.5 Å². The number of carbonyl (C=O) groups is 3. The molecule has 9 heteroatoms. The smallest absolute Gasteiger partial charge is 0.326 e. The lowest BCUT2D eigenvalue weighted by molar-refractivity contribution is -0.140. The fraction of sp³-hybridized carbons (Fsp3) is 0.182. The Morgan fingerprint density at radius 1 is 0.950 bits per heavy atom. The molecule has 1 aliphatic rings. The molecule has 2 rings (SSSR count). The zero-order valence-corrected chi connectivity index (χ0v) is 16.1. The van der Waals surface area contributed by atoms with E-state index in [1.807, 2.05) is 0 Å². The number of halogens is 4. The van der Waals surface area contributed by atoms with Crippen LogP contribution in [-0.2, 0) is 4.79 Å². The van der Waals surface area contributed by atoms with Gasteiger partial charge in [0.25, 0.3) is 11.8 Å². The van der Waals surface area contributed by atoms with E-state index in [9.17, 15) is 14.4 Å². The molecule has 0 unspecified atom stereocenters. The van der Waals surface area contributed by atoms with Gasteiger partial charge >= 0.3 is 5.97 Å². The monoisotopic (exact) mass is 531 g/mol. The molecule has 1 atom stereocenters. The molecule has 106 valence electrons. The standard InChI is InChI=1S/C11H5Br4NO4/c1-2(11(19)20)16-9(17)3-4(10(16)18)6(13)8(15)7(14)5(3)12/h2H,1H3,(H,19,20)/t2-/m0/s1. The van der Waals surface area contributed by atoms with Crippen LogP contribution in [0.5, 0.6) is 0 Å². The predicted octanol–water partition coefficient (Wildman–Crippen LogP) is 3.81. The Bertz CT molecular complexity index is 626. The summed E-state index contributed by atoms with van der Waals surface area (Å²) in [6, 6.07) is -1.24. The Morgan fingerprint density at radius 2 is 1.30 bits per heavy atom. The van der Waals surface area contributed by atoms with E-state index in [0.717, 1.165) is 4.90 Å². The molecular formula is C11H5Br4NO4. The van der Waals surface area contributed by atoms with Crippen molar-refractivity contribution in [2.75, 3.05) is 0 Å². The van der Waals surface area contributed by atoms with Gasteiger partial charge in [0.2, 0.25) is 0 Å². The van der Waals surface area contributed by atoms with Crippen LogP contribution in [0.4, 0.5) is 0 Å². The zero-order valence-electron chi connectivity index (χ0n) is 9.71. The molecule has 0 radical (unpaired) electrons. The molecule has 1 aromatic carbocycles. The van der Waals surface area contributed by atoms with Gasteiger partial charge in [-0.15, -0.1) is 0 Å². The topological polar surface area (TPSA) is 74.7 Å². The largest absolute Gasteiger partial charge is 0.480 e. The molecule has 0 fully saturated rings. The van der Waals surface area contributed by atoms with Crippen molar-refractivity contribution in [3.8, 4) is 0 Å². The highest BCUT2D eigenvalue weighted by Crippen LogP contribution is 2.45. The number of nitrogens with zero attached hydrogens (tertiary/aromatic N) is 1. The minimum atomic E-state index is -1.25. The van der Waals surface area contributed by atoms with Crippen LogP contribution in [0.1, 0.15) is 27.6 Å². The number of rotatable bonds is 2. The van der Waals surface area contributed by atoms with Crippen LogP contribution in [0, 0.1) is 0 Å². The van der Waals surface area contributed by atoms with E-state index in [1.54, 1.807) is 0 Å². The summed E-state index contributed by atoms with van der Waals surface area (Å²) in [5.41, 5.74) is 0.287.